The zero-order chi connectivity index (χ0) is 27.7. The van der Waals surface area contributed by atoms with Crippen LogP contribution in [0.5, 0.6) is 5.75 Å². The molecule has 9 heteroatoms. The first-order valence-corrected chi connectivity index (χ1v) is 13.3. The maximum atomic E-state index is 11.2. The molecule has 3 aromatic carbocycles. The largest absolute Gasteiger partial charge is 0.491 e. The first kappa shape index (κ1) is 30.5. The van der Waals surface area contributed by atoms with Gasteiger partial charge in [-0.1, -0.05) is 54.6 Å². The molecule has 0 fully saturated rings. The van der Waals surface area contributed by atoms with Gasteiger partial charge in [-0.25, -0.2) is 0 Å². The minimum Gasteiger partial charge on any atom is -0.491 e. The summed E-state index contributed by atoms with van der Waals surface area (Å²) in [6.07, 6.45) is 0.0307. The molecule has 4 N–H and O–H groups in total. The van der Waals surface area contributed by atoms with Gasteiger partial charge in [-0.2, -0.15) is 0 Å². The Balaban J connectivity index is 1.44. The number of hydrogen-bond acceptors (Lipinski definition) is 8. The van der Waals surface area contributed by atoms with Crippen LogP contribution in [0.3, 0.4) is 0 Å². The van der Waals surface area contributed by atoms with Crippen molar-refractivity contribution in [2.75, 3.05) is 73.1 Å². The van der Waals surface area contributed by atoms with E-state index in [1.165, 1.54) is 0 Å². The number of hydrogen-bond donors (Lipinski definition) is 3. The summed E-state index contributed by atoms with van der Waals surface area (Å²) >= 11 is 0. The smallest absolute Gasteiger partial charge is 0.305 e. The quantitative estimate of drug-likeness (QED) is 0.184. The summed E-state index contributed by atoms with van der Waals surface area (Å²) in [6.45, 7) is 5.03. The van der Waals surface area contributed by atoms with Crippen molar-refractivity contribution >= 4 is 16.7 Å². The van der Waals surface area contributed by atoms with Crippen LogP contribution in [0.25, 0.3) is 21.9 Å². The molecule has 0 aromatic heterocycles. The lowest BCUT2D eigenvalue weighted by Gasteiger charge is -2.16. The van der Waals surface area contributed by atoms with Gasteiger partial charge in [0, 0.05) is 18.0 Å². The molecule has 0 amide bonds. The third kappa shape index (κ3) is 10.2. The van der Waals surface area contributed by atoms with E-state index < -0.39 is 5.97 Å². The minimum atomic E-state index is -0.832. The summed E-state index contributed by atoms with van der Waals surface area (Å²) < 4.78 is 27.8. The van der Waals surface area contributed by atoms with E-state index in [-0.39, 0.29) is 12.5 Å². The molecule has 0 unspecified atom stereocenters. The lowest BCUT2D eigenvalue weighted by Crippen LogP contribution is -2.19. The van der Waals surface area contributed by atoms with E-state index in [9.17, 15) is 4.79 Å². The molecule has 39 heavy (non-hydrogen) atoms. The number of ether oxygens (including phenoxy) is 5. The molecule has 9 nitrogen and oxygen atoms in total. The highest BCUT2D eigenvalue weighted by atomic mass is 16.6. The average molecular weight is 541 g/mol. The van der Waals surface area contributed by atoms with Crippen molar-refractivity contribution in [3.05, 3.63) is 66.2 Å². The Morgan fingerprint density at radius 3 is 1.90 bits per heavy atom. The van der Waals surface area contributed by atoms with E-state index in [4.69, 9.17) is 34.5 Å². The van der Waals surface area contributed by atoms with Crippen molar-refractivity contribution in [2.45, 2.75) is 12.5 Å². The van der Waals surface area contributed by atoms with Crippen LogP contribution in [-0.2, 0) is 23.7 Å². The van der Waals surface area contributed by atoms with Crippen LogP contribution in [0.15, 0.2) is 60.7 Å². The van der Waals surface area contributed by atoms with E-state index in [0.717, 1.165) is 33.2 Å². The summed E-state index contributed by atoms with van der Waals surface area (Å²) in [5.74, 6) is -0.0314. The van der Waals surface area contributed by atoms with Crippen LogP contribution >= 0.6 is 0 Å². The first-order valence-electron chi connectivity index (χ1n) is 13.3. The van der Waals surface area contributed by atoms with Gasteiger partial charge in [0.05, 0.1) is 59.3 Å². The Kier molecular flexibility index (Phi) is 13.7. The number of fused-ring (bicyclic) bond motifs is 1. The lowest BCUT2D eigenvalue weighted by molar-refractivity contribution is -0.137. The Bertz CT molecular complexity index is 1120. The van der Waals surface area contributed by atoms with E-state index >= 15 is 0 Å². The summed E-state index contributed by atoms with van der Waals surface area (Å²) in [6, 6.07) is 20.0. The third-order valence-electron chi connectivity index (χ3n) is 6.10. The summed E-state index contributed by atoms with van der Waals surface area (Å²) in [4.78, 5) is 11.2. The number of carboxylic acid groups (broad SMARTS) is 1. The maximum Gasteiger partial charge on any atom is 0.305 e. The highest BCUT2D eigenvalue weighted by molar-refractivity contribution is 6.00. The van der Waals surface area contributed by atoms with E-state index in [1.807, 2.05) is 48.5 Å². The zero-order valence-electron chi connectivity index (χ0n) is 22.6. The Hall–Kier alpha value is -3.05. The molecule has 0 bridgehead atoms. The van der Waals surface area contributed by atoms with Crippen LogP contribution in [-0.4, -0.2) is 84.1 Å². The van der Waals surface area contributed by atoms with Crippen molar-refractivity contribution in [3.8, 4) is 16.9 Å². The van der Waals surface area contributed by atoms with Gasteiger partial charge in [0.15, 0.2) is 0 Å². The number of benzene rings is 3. The molecular formula is C30H40N2O7. The fourth-order valence-electron chi connectivity index (χ4n) is 4.16. The van der Waals surface area contributed by atoms with Gasteiger partial charge in [-0.05, 0) is 35.2 Å². The van der Waals surface area contributed by atoms with E-state index in [0.29, 0.717) is 66.0 Å². The minimum absolute atomic E-state index is 0.0307. The van der Waals surface area contributed by atoms with Crippen molar-refractivity contribution in [1.29, 1.82) is 0 Å². The average Bonchev–Trinajstić information content (AvgIpc) is 2.96. The number of nitrogens with one attached hydrogen (secondary N) is 1. The second kappa shape index (κ2) is 17.5. The number of rotatable bonds is 20. The van der Waals surface area contributed by atoms with Crippen LogP contribution < -0.4 is 15.8 Å². The zero-order valence-corrected chi connectivity index (χ0v) is 22.6. The van der Waals surface area contributed by atoms with E-state index in [2.05, 4.69) is 17.4 Å². The molecule has 0 spiro atoms. The lowest BCUT2D eigenvalue weighted by atomic mass is 9.95. The molecule has 3 aromatic rings. The fourth-order valence-corrected chi connectivity index (χ4v) is 4.16. The first-order chi connectivity index (χ1) is 19.1. The molecule has 212 valence electrons. The fraction of sp³-hybridized carbons (Fsp3) is 0.433. The molecule has 1 atom stereocenters. The van der Waals surface area contributed by atoms with Gasteiger partial charge in [0.25, 0.3) is 0 Å². The topological polar surface area (TPSA) is 122 Å². The second-order valence-corrected chi connectivity index (χ2v) is 8.80. The molecule has 0 saturated carbocycles. The van der Waals surface area contributed by atoms with Crippen LogP contribution in [0.4, 0.5) is 0 Å². The maximum absolute atomic E-state index is 11.2. The standard InChI is InChI=1S/C30H40N2O7/c1-32-28(22-30(33)34)24-8-6-23(7-9-24)25-10-11-29(27-5-3-2-4-26(25)27)39-21-20-38-19-18-37-17-16-36-15-14-35-13-12-31/h2-11,28,32H,12-22,31H2,1H3,(H,33,34)/t28-/m0/s1. The molecule has 0 aliphatic heterocycles. The molecule has 0 aliphatic rings. The van der Waals surface area contributed by atoms with E-state index in [1.54, 1.807) is 7.05 Å². The number of aliphatic carboxylic acids is 1. The summed E-state index contributed by atoms with van der Waals surface area (Å²) in [5.41, 5.74) is 8.43. The van der Waals surface area contributed by atoms with Crippen LogP contribution in [0, 0.1) is 0 Å². The Morgan fingerprint density at radius 1 is 0.769 bits per heavy atom. The predicted molar refractivity (Wildman–Crippen MR) is 151 cm³/mol. The van der Waals surface area contributed by atoms with Gasteiger partial charge < -0.3 is 39.8 Å². The van der Waals surface area contributed by atoms with Gasteiger partial charge in [0.2, 0.25) is 0 Å². The van der Waals surface area contributed by atoms with Crippen molar-refractivity contribution in [2.24, 2.45) is 5.73 Å². The van der Waals surface area contributed by atoms with Gasteiger partial charge >= 0.3 is 5.97 Å². The number of nitrogens with two attached hydrogens (primary N) is 1. The Morgan fingerprint density at radius 2 is 1.33 bits per heavy atom. The molecule has 0 radical (unpaired) electrons. The number of carboxylic acids is 1. The van der Waals surface area contributed by atoms with Gasteiger partial charge in [-0.15, -0.1) is 0 Å². The molecular weight excluding hydrogens is 500 g/mol. The summed E-state index contributed by atoms with van der Waals surface area (Å²) in [7, 11) is 1.77. The van der Waals surface area contributed by atoms with Crippen LogP contribution in [0.1, 0.15) is 18.0 Å². The van der Waals surface area contributed by atoms with Gasteiger partial charge in [0.1, 0.15) is 12.4 Å². The molecule has 0 aliphatic carbocycles. The van der Waals surface area contributed by atoms with Crippen molar-refractivity contribution in [3.63, 3.8) is 0 Å². The molecule has 0 saturated heterocycles. The van der Waals surface area contributed by atoms with Crippen molar-refractivity contribution < 1.29 is 33.6 Å². The normalized spacial score (nSPS) is 12.1. The Labute approximate surface area is 230 Å². The van der Waals surface area contributed by atoms with Gasteiger partial charge in [-0.3, -0.25) is 4.79 Å². The SMILES string of the molecule is CN[C@@H](CC(=O)O)c1ccc(-c2ccc(OCCOCCOCCOCCOCCN)c3ccccc23)cc1. The third-order valence-corrected chi connectivity index (χ3v) is 6.10. The van der Waals surface area contributed by atoms with Crippen LogP contribution in [0.2, 0.25) is 0 Å². The predicted octanol–water partition coefficient (Wildman–Crippen LogP) is 3.65. The van der Waals surface area contributed by atoms with Crippen molar-refractivity contribution in [1.82, 2.24) is 5.32 Å². The molecule has 0 heterocycles. The highest BCUT2D eigenvalue weighted by Gasteiger charge is 2.14. The highest BCUT2D eigenvalue weighted by Crippen LogP contribution is 2.35. The number of carbonyl (C=O) groups is 1. The summed E-state index contributed by atoms with van der Waals surface area (Å²) in [5, 5.41) is 14.3. The molecule has 3 rings (SSSR count). The second-order valence-electron chi connectivity index (χ2n) is 8.80. The monoisotopic (exact) mass is 540 g/mol.